The molecule has 2 heterocycles. The molecule has 2 aromatic heterocycles. The summed E-state index contributed by atoms with van der Waals surface area (Å²) in [6.45, 7) is 0. The number of esters is 2. The van der Waals surface area contributed by atoms with E-state index in [0.29, 0.717) is 16.3 Å². The van der Waals surface area contributed by atoms with Crippen molar-refractivity contribution < 1.29 is 23.6 Å². The Bertz CT molecular complexity index is 1430. The normalized spacial score (nSPS) is 10.6. The van der Waals surface area contributed by atoms with Crippen molar-refractivity contribution in [3.05, 3.63) is 87.8 Å². The number of benzene rings is 2. The van der Waals surface area contributed by atoms with E-state index in [4.69, 9.17) is 14.9 Å². The number of nitrogens with zero attached hydrogens (tertiary/aromatic N) is 3. The molecule has 0 radical (unpaired) electrons. The summed E-state index contributed by atoms with van der Waals surface area (Å²) in [5.74, 6) is 0.868. The van der Waals surface area contributed by atoms with Crippen molar-refractivity contribution in [2.24, 2.45) is 0 Å². The third kappa shape index (κ3) is 3.01. The van der Waals surface area contributed by atoms with Crippen LogP contribution < -0.4 is 9.73 Å². The Balaban J connectivity index is 2.24. The van der Waals surface area contributed by atoms with Crippen molar-refractivity contribution in [1.29, 1.82) is 5.41 Å². The van der Waals surface area contributed by atoms with Crippen LogP contribution in [0.1, 0.15) is 21.0 Å². The van der Waals surface area contributed by atoms with Gasteiger partial charge in [0, 0.05) is 22.1 Å². The smallest absolute Gasteiger partial charge is 0.390 e. The summed E-state index contributed by atoms with van der Waals surface area (Å²) in [6, 6.07) is 18.4. The molecule has 0 unspecified atom stereocenters. The molecule has 2 aromatic carbocycles. The first kappa shape index (κ1) is 19.0. The van der Waals surface area contributed by atoms with Gasteiger partial charge in [-0.2, -0.15) is 0 Å². The third-order valence-electron chi connectivity index (χ3n) is 4.69. The molecule has 0 atom stereocenters. The summed E-state index contributed by atoms with van der Waals surface area (Å²) in [5, 5.41) is 13.6. The van der Waals surface area contributed by atoms with Crippen molar-refractivity contribution >= 4 is 17.8 Å². The van der Waals surface area contributed by atoms with Gasteiger partial charge in [-0.25, -0.2) is 9.59 Å². The van der Waals surface area contributed by atoms with Crippen LogP contribution in [-0.2, 0) is 9.47 Å². The minimum absolute atomic E-state index is 0.0378. The molecule has 0 spiro atoms. The van der Waals surface area contributed by atoms with Crippen molar-refractivity contribution in [2.75, 3.05) is 14.2 Å². The topological polar surface area (TPSA) is 97.8 Å². The minimum Gasteiger partial charge on any atom is -0.463 e. The van der Waals surface area contributed by atoms with Crippen molar-refractivity contribution in [2.45, 2.75) is 0 Å². The van der Waals surface area contributed by atoms with Gasteiger partial charge in [0.05, 0.1) is 19.3 Å². The molecule has 1 N–H and O–H groups in total. The van der Waals surface area contributed by atoms with Gasteiger partial charge in [0.2, 0.25) is 0 Å². The first-order valence-corrected chi connectivity index (χ1v) is 8.99. The summed E-state index contributed by atoms with van der Waals surface area (Å²) >= 11 is 0. The third-order valence-corrected chi connectivity index (χ3v) is 4.69. The van der Waals surface area contributed by atoms with Crippen LogP contribution in [0.3, 0.4) is 0 Å². The van der Waals surface area contributed by atoms with Crippen LogP contribution >= 0.6 is 0 Å². The van der Waals surface area contributed by atoms with Gasteiger partial charge in [0.15, 0.2) is 5.35 Å². The Kier molecular flexibility index (Phi) is 4.83. The molecule has 30 heavy (non-hydrogen) atoms. The highest BCUT2D eigenvalue weighted by molar-refractivity contribution is 5.99. The second-order valence-electron chi connectivity index (χ2n) is 6.36. The van der Waals surface area contributed by atoms with E-state index in [9.17, 15) is 9.59 Å². The second-order valence-corrected chi connectivity index (χ2v) is 6.36. The lowest BCUT2D eigenvalue weighted by molar-refractivity contribution is -0.629. The maximum absolute atomic E-state index is 12.6. The van der Waals surface area contributed by atoms with Crippen LogP contribution in [-0.4, -0.2) is 41.8 Å². The molecule has 148 valence electrons. The van der Waals surface area contributed by atoms with Gasteiger partial charge in [-0.05, 0) is 34.8 Å². The number of rotatable bonds is 3. The number of nitrogens with one attached hydrogen (secondary N) is 1. The summed E-state index contributed by atoms with van der Waals surface area (Å²) in [6.07, 6.45) is 0. The quantitative estimate of drug-likeness (QED) is 0.315. The summed E-state index contributed by atoms with van der Waals surface area (Å²) in [5.41, 5.74) is 1.34. The molecular weight excluding hydrogens is 384 g/mol. The first-order valence-electron chi connectivity index (χ1n) is 8.99. The number of hydrogen-bond donors (Lipinski definition) is 1. The van der Waals surface area contributed by atoms with Gasteiger partial charge in [0.1, 0.15) is 5.69 Å². The lowest BCUT2D eigenvalue weighted by Crippen LogP contribution is -2.35. The van der Waals surface area contributed by atoms with E-state index in [1.165, 1.54) is 23.4 Å². The fourth-order valence-electron chi connectivity index (χ4n) is 3.27. The van der Waals surface area contributed by atoms with Crippen molar-refractivity contribution in [3.63, 3.8) is 0 Å². The van der Waals surface area contributed by atoms with Gasteiger partial charge >= 0.3 is 17.6 Å². The molecule has 4 aromatic rings. The number of ether oxygens (including phenoxy) is 2. The largest absolute Gasteiger partial charge is 0.463 e. The molecular formula is C22H17N4O4+. The zero-order valence-electron chi connectivity index (χ0n) is 16.2. The molecule has 8 heteroatoms. The Morgan fingerprint density at radius 1 is 1.00 bits per heavy atom. The van der Waals surface area contributed by atoms with Gasteiger partial charge in [-0.1, -0.05) is 30.3 Å². The molecule has 0 aliphatic carbocycles. The molecule has 0 saturated carbocycles. The molecule has 8 nitrogen and oxygen atoms in total. The van der Waals surface area contributed by atoms with E-state index in [1.807, 2.05) is 36.4 Å². The summed E-state index contributed by atoms with van der Waals surface area (Å²) < 4.78 is 12.8. The van der Waals surface area contributed by atoms with E-state index in [1.54, 1.807) is 24.3 Å². The lowest BCUT2D eigenvalue weighted by atomic mass is 10.1. The Labute approximate surface area is 170 Å². The molecule has 0 amide bonds. The summed E-state index contributed by atoms with van der Waals surface area (Å²) in [4.78, 5) is 25.0. The fourth-order valence-corrected chi connectivity index (χ4v) is 3.27. The number of fused-ring (bicyclic) bond motifs is 1. The van der Waals surface area contributed by atoms with Gasteiger partial charge in [-0.15, -0.1) is 4.52 Å². The second kappa shape index (κ2) is 7.62. The Hall–Kier alpha value is -4.29. The zero-order valence-corrected chi connectivity index (χ0v) is 16.2. The van der Waals surface area contributed by atoms with Crippen LogP contribution in [0.15, 0.2) is 60.7 Å². The Morgan fingerprint density at radius 3 is 2.27 bits per heavy atom. The highest BCUT2D eigenvalue weighted by atomic mass is 16.5. The van der Waals surface area contributed by atoms with E-state index < -0.39 is 11.9 Å². The van der Waals surface area contributed by atoms with Crippen LogP contribution in [0.25, 0.3) is 11.3 Å². The van der Waals surface area contributed by atoms with Gasteiger partial charge in [-0.3, -0.25) is 5.41 Å². The average molecular weight is 401 g/mol. The molecule has 4 rings (SSSR count). The van der Waals surface area contributed by atoms with E-state index in [2.05, 4.69) is 11.0 Å². The van der Waals surface area contributed by atoms with Crippen LogP contribution in [0, 0.1) is 16.0 Å². The fraction of sp³-hybridized carbons (Fsp3) is 0.0909. The Morgan fingerprint density at radius 2 is 1.67 bits per heavy atom. The molecule has 0 aliphatic rings. The van der Waals surface area contributed by atoms with Crippen LogP contribution in [0.4, 0.5) is 0 Å². The first-order chi connectivity index (χ1) is 14.6. The van der Waals surface area contributed by atoms with E-state index >= 15 is 0 Å². The van der Waals surface area contributed by atoms with Crippen LogP contribution in [0.5, 0.6) is 0 Å². The van der Waals surface area contributed by atoms with E-state index in [-0.39, 0.29) is 11.4 Å². The maximum Gasteiger partial charge on any atom is 0.390 e. The monoisotopic (exact) mass is 401 g/mol. The maximum atomic E-state index is 12.6. The zero-order chi connectivity index (χ0) is 21.3. The SMILES string of the molecule is COC(=O)c1nn2c(-c3ccccc3)cc(=c3ccc(=C=N)cc3)[n+]2c1C(=O)OC. The molecule has 0 saturated heterocycles. The van der Waals surface area contributed by atoms with E-state index in [0.717, 1.165) is 10.8 Å². The number of hydrogen-bond acceptors (Lipinski definition) is 6. The number of carbonyl (C=O) groups excluding carboxylic acids is 2. The predicted octanol–water partition coefficient (Wildman–Crippen LogP) is 1.09. The molecule has 0 bridgehead atoms. The minimum atomic E-state index is -0.745. The highest BCUT2D eigenvalue weighted by Crippen LogP contribution is 2.19. The molecule has 0 fully saturated rings. The van der Waals surface area contributed by atoms with Crippen molar-refractivity contribution in [1.82, 2.24) is 9.73 Å². The molecule has 0 aliphatic heterocycles. The van der Waals surface area contributed by atoms with Crippen LogP contribution in [0.2, 0.25) is 0 Å². The summed E-state index contributed by atoms with van der Waals surface area (Å²) in [7, 11) is 2.46. The number of aromatic nitrogens is 3. The highest BCUT2D eigenvalue weighted by Gasteiger charge is 2.37. The van der Waals surface area contributed by atoms with Gasteiger partial charge in [0.25, 0.3) is 5.69 Å². The number of methoxy groups -OCH3 is 2. The predicted molar refractivity (Wildman–Crippen MR) is 105 cm³/mol. The number of carbonyl (C=O) groups is 2. The standard InChI is InChI=1S/C22H17N4O4/c1-29-21(27)19-20(22(28)30-2)25-17(16-10-8-14(13-23)9-11-16)12-18(26(25)24-19)15-6-4-3-5-7-15/h3-12,23H,1-2H3/q+1. The van der Waals surface area contributed by atoms with Crippen molar-refractivity contribution in [3.8, 4) is 11.3 Å². The van der Waals surface area contributed by atoms with Gasteiger partial charge < -0.3 is 9.47 Å². The average Bonchev–Trinajstić information content (AvgIpc) is 3.36. The lowest BCUT2D eigenvalue weighted by Gasteiger charge is -1.94.